The SMILES string of the molecule is COC(=O)[C@H](C)NC(=O)[C@@H](NC(=O)[C@H](Cc1ccccc1)CC(O)C[C@H](Cc1ccccc1)C(=O)N[C@H](C(=O)N[C@H](C(=O)OC)C(C)C)C(C)C)C(C)C. The number of ether oxygens (including phenoxy) is 2. The van der Waals surface area contributed by atoms with E-state index in [0.29, 0.717) is 0 Å². The molecule has 0 radical (unpaired) electrons. The lowest BCUT2D eigenvalue weighted by Gasteiger charge is -2.29. The van der Waals surface area contributed by atoms with Gasteiger partial charge in [-0.15, -0.1) is 0 Å². The first-order chi connectivity index (χ1) is 25.5. The Bertz CT molecular complexity index is 1520. The number of nitrogens with one attached hydrogen (secondary N) is 4. The predicted molar refractivity (Wildman–Crippen MR) is 204 cm³/mol. The largest absolute Gasteiger partial charge is 0.467 e. The van der Waals surface area contributed by atoms with E-state index in [0.717, 1.165) is 11.1 Å². The van der Waals surface area contributed by atoms with Gasteiger partial charge in [0.25, 0.3) is 0 Å². The number of benzene rings is 2. The fraction of sp³-hybridized carbons (Fsp3) is 0.561. The van der Waals surface area contributed by atoms with Crippen molar-refractivity contribution in [3.05, 3.63) is 71.8 Å². The van der Waals surface area contributed by atoms with E-state index in [2.05, 4.69) is 21.3 Å². The van der Waals surface area contributed by atoms with Crippen LogP contribution in [0.2, 0.25) is 0 Å². The van der Waals surface area contributed by atoms with Crippen molar-refractivity contribution in [3.8, 4) is 0 Å². The Labute approximate surface area is 319 Å². The Balaban J connectivity index is 2.36. The van der Waals surface area contributed by atoms with Crippen molar-refractivity contribution in [2.45, 2.75) is 104 Å². The van der Waals surface area contributed by atoms with Crippen molar-refractivity contribution in [3.63, 3.8) is 0 Å². The quantitative estimate of drug-likeness (QED) is 0.119. The molecule has 0 aromatic heterocycles. The van der Waals surface area contributed by atoms with Gasteiger partial charge in [-0.05, 0) is 61.5 Å². The molecule has 0 aliphatic carbocycles. The van der Waals surface area contributed by atoms with Gasteiger partial charge < -0.3 is 35.8 Å². The summed E-state index contributed by atoms with van der Waals surface area (Å²) in [6.07, 6.45) is -0.709. The summed E-state index contributed by atoms with van der Waals surface area (Å²) < 4.78 is 9.58. The van der Waals surface area contributed by atoms with Crippen LogP contribution in [0, 0.1) is 29.6 Å². The second-order valence-electron chi connectivity index (χ2n) is 14.9. The number of carbonyl (C=O) groups is 6. The van der Waals surface area contributed by atoms with Gasteiger partial charge >= 0.3 is 11.9 Å². The molecule has 0 saturated heterocycles. The maximum absolute atomic E-state index is 14.0. The zero-order valence-corrected chi connectivity index (χ0v) is 33.1. The molecule has 0 aliphatic heterocycles. The van der Waals surface area contributed by atoms with Gasteiger partial charge in [0.1, 0.15) is 24.2 Å². The van der Waals surface area contributed by atoms with E-state index in [9.17, 15) is 33.9 Å². The number of hydrogen-bond donors (Lipinski definition) is 5. The predicted octanol–water partition coefficient (Wildman–Crippen LogP) is 3.12. The monoisotopic (exact) mass is 752 g/mol. The first kappa shape index (κ1) is 45.4. The molecular formula is C41H60N4O9. The van der Waals surface area contributed by atoms with Gasteiger partial charge in [0.2, 0.25) is 23.6 Å². The topological polar surface area (TPSA) is 189 Å². The van der Waals surface area contributed by atoms with Crippen LogP contribution in [0.15, 0.2) is 60.7 Å². The summed E-state index contributed by atoms with van der Waals surface area (Å²) in [7, 11) is 2.46. The molecule has 2 aromatic rings. The van der Waals surface area contributed by atoms with E-state index in [1.807, 2.05) is 60.7 Å². The highest BCUT2D eigenvalue weighted by Crippen LogP contribution is 2.23. The van der Waals surface area contributed by atoms with Crippen molar-refractivity contribution in [2.75, 3.05) is 14.2 Å². The molecule has 5 N–H and O–H groups in total. The maximum atomic E-state index is 14.0. The number of esters is 2. The molecule has 7 atom stereocenters. The number of methoxy groups -OCH3 is 2. The lowest BCUT2D eigenvalue weighted by atomic mass is 9.86. The summed E-state index contributed by atoms with van der Waals surface area (Å²) in [5.41, 5.74) is 1.68. The van der Waals surface area contributed by atoms with Gasteiger partial charge in [-0.25, -0.2) is 9.59 Å². The number of aliphatic hydroxyl groups excluding tert-OH is 1. The summed E-state index contributed by atoms with van der Waals surface area (Å²) in [5, 5.41) is 22.6. The lowest BCUT2D eigenvalue weighted by Crippen LogP contribution is -2.56. The van der Waals surface area contributed by atoms with E-state index in [1.165, 1.54) is 21.1 Å². The van der Waals surface area contributed by atoms with Crippen LogP contribution in [0.5, 0.6) is 0 Å². The molecule has 1 unspecified atom stereocenters. The van der Waals surface area contributed by atoms with E-state index in [1.54, 1.807) is 41.5 Å². The lowest BCUT2D eigenvalue weighted by molar-refractivity contribution is -0.147. The van der Waals surface area contributed by atoms with Crippen LogP contribution in [0.3, 0.4) is 0 Å². The van der Waals surface area contributed by atoms with Crippen LogP contribution in [0.25, 0.3) is 0 Å². The molecule has 2 aromatic carbocycles. The molecule has 0 spiro atoms. The Morgan fingerprint density at radius 3 is 1.22 bits per heavy atom. The van der Waals surface area contributed by atoms with Gasteiger partial charge in [-0.3, -0.25) is 19.2 Å². The van der Waals surface area contributed by atoms with Gasteiger partial charge in [0.15, 0.2) is 0 Å². The molecular weight excluding hydrogens is 692 g/mol. The summed E-state index contributed by atoms with van der Waals surface area (Å²) in [6, 6.07) is 14.7. The average molecular weight is 753 g/mol. The van der Waals surface area contributed by atoms with Crippen molar-refractivity contribution in [2.24, 2.45) is 29.6 Å². The number of rotatable bonds is 21. The van der Waals surface area contributed by atoms with Crippen LogP contribution in [-0.2, 0) is 51.1 Å². The van der Waals surface area contributed by atoms with Crippen molar-refractivity contribution in [1.29, 1.82) is 0 Å². The first-order valence-corrected chi connectivity index (χ1v) is 18.6. The number of amides is 4. The molecule has 0 bridgehead atoms. The third kappa shape index (κ3) is 14.6. The Morgan fingerprint density at radius 2 is 0.870 bits per heavy atom. The van der Waals surface area contributed by atoms with Gasteiger partial charge in [0, 0.05) is 11.8 Å². The van der Waals surface area contributed by atoms with Crippen LogP contribution >= 0.6 is 0 Å². The molecule has 0 fully saturated rings. The minimum atomic E-state index is -1.13. The summed E-state index contributed by atoms with van der Waals surface area (Å²) in [5.74, 6) is -5.79. The first-order valence-electron chi connectivity index (χ1n) is 18.6. The minimum absolute atomic E-state index is 0.0341. The molecule has 0 aliphatic rings. The standard InChI is InChI=1S/C41H60N4O9/c1-24(2)33(38(49)42-27(7)40(51)53-8)43-36(47)30(20-28-16-12-10-13-17-28)22-32(46)23-31(21-29-18-14-11-15-19-29)37(48)44-34(25(3)4)39(50)45-35(26(5)6)41(52)54-9/h10-19,24-27,30-35,46H,20-23H2,1-9H3,(H,42,49)(H,43,47)(H,44,48)(H,45,50)/t27-,30+,31-,32?,33-,34-,35-/m0/s1. The summed E-state index contributed by atoms with van der Waals surface area (Å²) in [6.45, 7) is 12.1. The number of aliphatic hydroxyl groups is 1. The third-order valence-corrected chi connectivity index (χ3v) is 9.33. The highest BCUT2D eigenvalue weighted by molar-refractivity contribution is 5.92. The molecule has 54 heavy (non-hydrogen) atoms. The fourth-order valence-corrected chi connectivity index (χ4v) is 6.14. The molecule has 2 rings (SSSR count). The maximum Gasteiger partial charge on any atom is 0.328 e. The second kappa shape index (κ2) is 22.4. The molecule has 298 valence electrons. The molecule has 13 heteroatoms. The highest BCUT2D eigenvalue weighted by atomic mass is 16.5. The van der Waals surface area contributed by atoms with Gasteiger partial charge in [-0.1, -0.05) is 102 Å². The molecule has 0 heterocycles. The zero-order valence-electron chi connectivity index (χ0n) is 33.1. The number of hydrogen-bond acceptors (Lipinski definition) is 9. The Morgan fingerprint density at radius 1 is 0.519 bits per heavy atom. The average Bonchev–Trinajstić information content (AvgIpc) is 3.13. The second-order valence-corrected chi connectivity index (χ2v) is 14.9. The highest BCUT2D eigenvalue weighted by Gasteiger charge is 2.35. The van der Waals surface area contributed by atoms with Crippen LogP contribution in [-0.4, -0.2) is 85.2 Å². The van der Waals surface area contributed by atoms with Crippen molar-refractivity contribution in [1.82, 2.24) is 21.3 Å². The summed E-state index contributed by atoms with van der Waals surface area (Å²) in [4.78, 5) is 79.0. The molecule has 13 nitrogen and oxygen atoms in total. The van der Waals surface area contributed by atoms with E-state index < -0.39 is 77.7 Å². The smallest absolute Gasteiger partial charge is 0.328 e. The van der Waals surface area contributed by atoms with Crippen LogP contribution < -0.4 is 21.3 Å². The van der Waals surface area contributed by atoms with Gasteiger partial charge in [0.05, 0.1) is 20.3 Å². The van der Waals surface area contributed by atoms with E-state index in [4.69, 9.17) is 9.47 Å². The normalized spacial score (nSPS) is 15.2. The van der Waals surface area contributed by atoms with Crippen LogP contribution in [0.4, 0.5) is 0 Å². The van der Waals surface area contributed by atoms with Crippen molar-refractivity contribution < 1.29 is 43.3 Å². The van der Waals surface area contributed by atoms with Gasteiger partial charge in [-0.2, -0.15) is 0 Å². The van der Waals surface area contributed by atoms with Crippen LogP contribution in [0.1, 0.15) is 72.4 Å². The molecule has 0 saturated carbocycles. The van der Waals surface area contributed by atoms with Crippen molar-refractivity contribution >= 4 is 35.6 Å². The summed E-state index contributed by atoms with van der Waals surface area (Å²) >= 11 is 0. The minimum Gasteiger partial charge on any atom is -0.467 e. The zero-order chi connectivity index (χ0) is 40.5. The third-order valence-electron chi connectivity index (χ3n) is 9.33. The Kier molecular flexibility index (Phi) is 18.9. The van der Waals surface area contributed by atoms with E-state index >= 15 is 0 Å². The molecule has 4 amide bonds. The fourth-order valence-electron chi connectivity index (χ4n) is 6.14. The van der Waals surface area contributed by atoms with E-state index in [-0.39, 0.29) is 43.4 Å². The Hall–Kier alpha value is -4.78. The number of carbonyl (C=O) groups excluding carboxylic acids is 6.